The predicted octanol–water partition coefficient (Wildman–Crippen LogP) is 3.69. The minimum Gasteiger partial charge on any atom is -0.493 e. The van der Waals surface area contributed by atoms with Crippen molar-refractivity contribution in [3.8, 4) is 11.5 Å². The highest BCUT2D eigenvalue weighted by Gasteiger charge is 2.15. The van der Waals surface area contributed by atoms with E-state index >= 15 is 0 Å². The number of hydrazone groups is 1. The van der Waals surface area contributed by atoms with Gasteiger partial charge in [0.15, 0.2) is 11.5 Å². The number of methoxy groups -OCH3 is 2. The molecule has 35 heavy (non-hydrogen) atoms. The first-order valence-electron chi connectivity index (χ1n) is 10.8. The molecule has 0 saturated carbocycles. The van der Waals surface area contributed by atoms with Crippen LogP contribution in [0.25, 0.3) is 6.08 Å². The second kappa shape index (κ2) is 12.0. The number of carbonyl (C=O) groups excluding carboxylic acids is 2. The molecule has 0 heterocycles. The van der Waals surface area contributed by atoms with Crippen molar-refractivity contribution in [1.29, 1.82) is 0 Å². The Kier molecular flexibility index (Phi) is 8.61. The van der Waals surface area contributed by atoms with Crippen LogP contribution < -0.4 is 25.1 Å². The van der Waals surface area contributed by atoms with E-state index in [1.807, 2.05) is 49.3 Å². The SMILES string of the molecule is COc1cccc(/C=N\NC(=O)/C(=C\c2ccc(N(C)C)cc2)NC(=O)c2ccccc2)c1OC. The van der Waals surface area contributed by atoms with Gasteiger partial charge in [-0.2, -0.15) is 5.10 Å². The number of ether oxygens (including phenoxy) is 2. The summed E-state index contributed by atoms with van der Waals surface area (Å²) in [7, 11) is 6.95. The molecule has 0 unspecified atom stereocenters. The lowest BCUT2D eigenvalue weighted by atomic mass is 10.1. The molecule has 0 spiro atoms. The Hall–Kier alpha value is -4.59. The molecule has 180 valence electrons. The zero-order chi connectivity index (χ0) is 25.2. The second-order valence-corrected chi connectivity index (χ2v) is 7.65. The van der Waals surface area contributed by atoms with E-state index in [0.29, 0.717) is 22.6 Å². The van der Waals surface area contributed by atoms with Crippen molar-refractivity contribution >= 4 is 29.8 Å². The Morgan fingerprint density at radius 2 is 1.60 bits per heavy atom. The van der Waals surface area contributed by atoms with E-state index in [9.17, 15) is 9.59 Å². The summed E-state index contributed by atoms with van der Waals surface area (Å²) in [4.78, 5) is 27.7. The first-order chi connectivity index (χ1) is 16.9. The van der Waals surface area contributed by atoms with Gasteiger partial charge >= 0.3 is 0 Å². The maximum atomic E-state index is 13.0. The monoisotopic (exact) mass is 472 g/mol. The minimum atomic E-state index is -0.580. The molecule has 8 heteroatoms. The summed E-state index contributed by atoms with van der Waals surface area (Å²) >= 11 is 0. The molecule has 3 aromatic rings. The van der Waals surface area contributed by atoms with Gasteiger partial charge in [0.1, 0.15) is 5.70 Å². The summed E-state index contributed by atoms with van der Waals surface area (Å²) in [5, 5.41) is 6.74. The molecule has 0 radical (unpaired) electrons. The highest BCUT2D eigenvalue weighted by atomic mass is 16.5. The zero-order valence-corrected chi connectivity index (χ0v) is 20.1. The van der Waals surface area contributed by atoms with Crippen LogP contribution in [0, 0.1) is 0 Å². The van der Waals surface area contributed by atoms with E-state index in [4.69, 9.17) is 9.47 Å². The molecule has 2 amide bonds. The van der Waals surface area contributed by atoms with E-state index in [0.717, 1.165) is 11.3 Å². The number of para-hydroxylation sites is 1. The van der Waals surface area contributed by atoms with Crippen molar-refractivity contribution in [2.45, 2.75) is 0 Å². The first kappa shape index (κ1) is 25.0. The number of rotatable bonds is 9. The Morgan fingerprint density at radius 3 is 2.23 bits per heavy atom. The van der Waals surface area contributed by atoms with Gasteiger partial charge in [-0.15, -0.1) is 0 Å². The van der Waals surface area contributed by atoms with Gasteiger partial charge in [-0.25, -0.2) is 5.43 Å². The number of hydrogen-bond acceptors (Lipinski definition) is 6. The lowest BCUT2D eigenvalue weighted by molar-refractivity contribution is -0.117. The van der Waals surface area contributed by atoms with Crippen LogP contribution in [0.15, 0.2) is 83.6 Å². The van der Waals surface area contributed by atoms with Crippen molar-refractivity contribution in [3.05, 3.63) is 95.2 Å². The van der Waals surface area contributed by atoms with Crippen LogP contribution in [-0.2, 0) is 4.79 Å². The molecule has 3 rings (SSSR count). The quantitative estimate of drug-likeness (QED) is 0.282. The van der Waals surface area contributed by atoms with E-state index in [2.05, 4.69) is 15.8 Å². The third-order valence-corrected chi connectivity index (χ3v) is 5.05. The fourth-order valence-corrected chi connectivity index (χ4v) is 3.21. The molecule has 3 aromatic carbocycles. The topological polar surface area (TPSA) is 92.3 Å². The van der Waals surface area contributed by atoms with E-state index in [1.165, 1.54) is 20.4 Å². The van der Waals surface area contributed by atoms with E-state index < -0.39 is 11.8 Å². The highest BCUT2D eigenvalue weighted by Crippen LogP contribution is 2.29. The fourth-order valence-electron chi connectivity index (χ4n) is 3.21. The number of hydrogen-bond donors (Lipinski definition) is 2. The van der Waals surface area contributed by atoms with Crippen LogP contribution in [0.1, 0.15) is 21.5 Å². The highest BCUT2D eigenvalue weighted by molar-refractivity contribution is 6.05. The van der Waals surface area contributed by atoms with Crippen molar-refractivity contribution in [2.24, 2.45) is 5.10 Å². The Labute approximate surface area is 204 Å². The standard InChI is InChI=1S/C27H28N4O4/c1-31(2)22-15-13-19(14-16-22)17-23(29-26(32)20-9-6-5-7-10-20)27(33)30-28-18-21-11-8-12-24(34-3)25(21)35-4/h5-18H,1-4H3,(H,29,32)(H,30,33)/b23-17+,28-18-. The summed E-state index contributed by atoms with van der Waals surface area (Å²) in [5.41, 5.74) is 5.32. The van der Waals surface area contributed by atoms with Gasteiger partial charge in [-0.05, 0) is 48.0 Å². The van der Waals surface area contributed by atoms with Crippen LogP contribution in [0.3, 0.4) is 0 Å². The van der Waals surface area contributed by atoms with Gasteiger partial charge in [0.2, 0.25) is 0 Å². The molecule has 0 bridgehead atoms. The molecular weight excluding hydrogens is 444 g/mol. The van der Waals surface area contributed by atoms with Crippen LogP contribution in [0.4, 0.5) is 5.69 Å². The number of benzene rings is 3. The maximum absolute atomic E-state index is 13.0. The number of nitrogens with zero attached hydrogens (tertiary/aromatic N) is 2. The smallest absolute Gasteiger partial charge is 0.287 e. The molecule has 2 N–H and O–H groups in total. The summed E-state index contributed by atoms with van der Waals surface area (Å²) in [6.45, 7) is 0. The van der Waals surface area contributed by atoms with Crippen LogP contribution in [-0.4, -0.2) is 46.3 Å². The van der Waals surface area contributed by atoms with Crippen molar-refractivity contribution in [1.82, 2.24) is 10.7 Å². The van der Waals surface area contributed by atoms with E-state index in [-0.39, 0.29) is 5.70 Å². The lowest BCUT2D eigenvalue weighted by Crippen LogP contribution is -2.32. The predicted molar refractivity (Wildman–Crippen MR) is 138 cm³/mol. The molecule has 0 aromatic heterocycles. The Morgan fingerprint density at radius 1 is 0.886 bits per heavy atom. The van der Waals surface area contributed by atoms with E-state index in [1.54, 1.807) is 48.5 Å². The molecule has 0 aliphatic rings. The summed E-state index contributed by atoms with van der Waals surface area (Å²) in [6.07, 6.45) is 3.04. The molecule has 0 fully saturated rings. The molecule has 8 nitrogen and oxygen atoms in total. The van der Waals surface area contributed by atoms with Gasteiger partial charge in [0.05, 0.1) is 20.4 Å². The third kappa shape index (κ3) is 6.70. The van der Waals surface area contributed by atoms with Gasteiger partial charge in [0, 0.05) is 30.9 Å². The average molecular weight is 473 g/mol. The number of nitrogens with one attached hydrogen (secondary N) is 2. The average Bonchev–Trinajstić information content (AvgIpc) is 2.88. The van der Waals surface area contributed by atoms with Gasteiger partial charge in [0.25, 0.3) is 11.8 Å². The van der Waals surface area contributed by atoms with Crippen molar-refractivity contribution in [3.63, 3.8) is 0 Å². The Bertz CT molecular complexity index is 1220. The largest absolute Gasteiger partial charge is 0.493 e. The van der Waals surface area contributed by atoms with Crippen LogP contribution >= 0.6 is 0 Å². The second-order valence-electron chi connectivity index (χ2n) is 7.65. The normalized spacial score (nSPS) is 11.1. The molecule has 0 aliphatic heterocycles. The van der Waals surface area contributed by atoms with Crippen LogP contribution in [0.2, 0.25) is 0 Å². The molecule has 0 saturated heterocycles. The van der Waals surface area contributed by atoms with Crippen LogP contribution in [0.5, 0.6) is 11.5 Å². The summed E-state index contributed by atoms with van der Waals surface area (Å²) in [6, 6.07) is 21.6. The molecule has 0 atom stereocenters. The fraction of sp³-hybridized carbons (Fsp3) is 0.148. The molecule has 0 aliphatic carbocycles. The minimum absolute atomic E-state index is 0.0474. The lowest BCUT2D eigenvalue weighted by Gasteiger charge is -2.13. The summed E-state index contributed by atoms with van der Waals surface area (Å²) in [5.74, 6) is 0.0428. The van der Waals surface area contributed by atoms with Gasteiger partial charge in [-0.3, -0.25) is 9.59 Å². The number of carbonyl (C=O) groups is 2. The van der Waals surface area contributed by atoms with Gasteiger partial charge < -0.3 is 19.7 Å². The van der Waals surface area contributed by atoms with Crippen molar-refractivity contribution in [2.75, 3.05) is 33.2 Å². The molecular formula is C27H28N4O4. The first-order valence-corrected chi connectivity index (χ1v) is 10.8. The third-order valence-electron chi connectivity index (χ3n) is 5.05. The maximum Gasteiger partial charge on any atom is 0.287 e. The van der Waals surface area contributed by atoms with Crippen molar-refractivity contribution < 1.29 is 19.1 Å². The van der Waals surface area contributed by atoms with Gasteiger partial charge in [-0.1, -0.05) is 36.4 Å². The number of anilines is 1. The Balaban J connectivity index is 1.84. The zero-order valence-electron chi connectivity index (χ0n) is 20.1. The summed E-state index contributed by atoms with van der Waals surface area (Å²) < 4.78 is 10.7. The number of amides is 2.